The Labute approximate surface area is 125 Å². The van der Waals surface area contributed by atoms with Gasteiger partial charge in [-0.25, -0.2) is 0 Å². The summed E-state index contributed by atoms with van der Waals surface area (Å²) in [5, 5.41) is 13.5. The van der Waals surface area contributed by atoms with Crippen molar-refractivity contribution < 1.29 is 0 Å². The third-order valence-electron chi connectivity index (χ3n) is 2.98. The number of rotatable bonds is 2. The van der Waals surface area contributed by atoms with Gasteiger partial charge >= 0.3 is 0 Å². The standard InChI is InChI=1S/C16H10BrN3/c17-13-3-5-16(12(8-13)10-18)20-14-4-6-15-11(9-14)2-1-7-19-15/h1-9,20H. The zero-order valence-corrected chi connectivity index (χ0v) is 12.1. The number of nitrogens with one attached hydrogen (secondary N) is 1. The minimum atomic E-state index is 0.602. The van der Waals surface area contributed by atoms with E-state index in [0.29, 0.717) is 5.56 Å². The summed E-state index contributed by atoms with van der Waals surface area (Å²) in [6, 6.07) is 17.6. The zero-order chi connectivity index (χ0) is 13.9. The van der Waals surface area contributed by atoms with E-state index in [1.54, 1.807) is 12.3 Å². The monoisotopic (exact) mass is 323 g/mol. The Bertz CT molecular complexity index is 821. The molecule has 0 saturated heterocycles. The molecule has 0 unspecified atom stereocenters. The summed E-state index contributed by atoms with van der Waals surface area (Å²) >= 11 is 3.37. The van der Waals surface area contributed by atoms with Crippen molar-refractivity contribution in [1.29, 1.82) is 5.26 Å². The molecule has 0 aliphatic carbocycles. The van der Waals surface area contributed by atoms with Gasteiger partial charge < -0.3 is 5.32 Å². The average molecular weight is 324 g/mol. The molecule has 0 spiro atoms. The van der Waals surface area contributed by atoms with Gasteiger partial charge in [-0.1, -0.05) is 22.0 Å². The van der Waals surface area contributed by atoms with E-state index in [0.717, 1.165) is 26.8 Å². The van der Waals surface area contributed by atoms with Crippen LogP contribution in [0.3, 0.4) is 0 Å². The molecule has 3 rings (SSSR count). The molecule has 0 bridgehead atoms. The van der Waals surface area contributed by atoms with E-state index < -0.39 is 0 Å². The first kappa shape index (κ1) is 12.6. The van der Waals surface area contributed by atoms with Crippen molar-refractivity contribution in [3.8, 4) is 6.07 Å². The Morgan fingerprint density at radius 1 is 1.10 bits per heavy atom. The number of halogens is 1. The van der Waals surface area contributed by atoms with Gasteiger partial charge in [0, 0.05) is 21.7 Å². The lowest BCUT2D eigenvalue weighted by Gasteiger charge is -2.09. The molecule has 4 heteroatoms. The van der Waals surface area contributed by atoms with Crippen LogP contribution in [0.25, 0.3) is 10.9 Å². The smallest absolute Gasteiger partial charge is 0.101 e. The van der Waals surface area contributed by atoms with Gasteiger partial charge in [0.2, 0.25) is 0 Å². The fraction of sp³-hybridized carbons (Fsp3) is 0. The third kappa shape index (κ3) is 2.49. The van der Waals surface area contributed by atoms with E-state index in [1.165, 1.54) is 0 Å². The number of anilines is 2. The number of hydrogen-bond donors (Lipinski definition) is 1. The lowest BCUT2D eigenvalue weighted by Crippen LogP contribution is -1.93. The second kappa shape index (κ2) is 5.32. The summed E-state index contributed by atoms with van der Waals surface area (Å²) in [6.45, 7) is 0. The van der Waals surface area contributed by atoms with Gasteiger partial charge in [-0.05, 0) is 42.5 Å². The van der Waals surface area contributed by atoms with Gasteiger partial charge in [0.05, 0.1) is 16.8 Å². The maximum Gasteiger partial charge on any atom is 0.101 e. The van der Waals surface area contributed by atoms with Crippen molar-refractivity contribution in [2.45, 2.75) is 0 Å². The number of fused-ring (bicyclic) bond motifs is 1. The first-order valence-electron chi connectivity index (χ1n) is 6.08. The quantitative estimate of drug-likeness (QED) is 0.749. The molecule has 3 aromatic rings. The van der Waals surface area contributed by atoms with E-state index in [2.05, 4.69) is 32.3 Å². The lowest BCUT2D eigenvalue weighted by atomic mass is 10.1. The van der Waals surface area contributed by atoms with Crippen LogP contribution < -0.4 is 5.32 Å². The van der Waals surface area contributed by atoms with Crippen LogP contribution in [-0.4, -0.2) is 4.98 Å². The normalized spacial score (nSPS) is 10.2. The summed E-state index contributed by atoms with van der Waals surface area (Å²) in [5.74, 6) is 0. The molecule has 0 radical (unpaired) electrons. The van der Waals surface area contributed by atoms with Gasteiger partial charge in [-0.15, -0.1) is 0 Å². The number of benzene rings is 2. The molecular weight excluding hydrogens is 314 g/mol. The molecule has 96 valence electrons. The second-order valence-electron chi connectivity index (χ2n) is 4.34. The number of nitriles is 1. The summed E-state index contributed by atoms with van der Waals surface area (Å²) in [6.07, 6.45) is 1.78. The molecule has 0 aliphatic heterocycles. The largest absolute Gasteiger partial charge is 0.354 e. The topological polar surface area (TPSA) is 48.7 Å². The molecule has 0 atom stereocenters. The molecule has 2 aromatic carbocycles. The molecule has 3 nitrogen and oxygen atoms in total. The Hall–Kier alpha value is -2.38. The second-order valence-corrected chi connectivity index (χ2v) is 5.25. The minimum Gasteiger partial charge on any atom is -0.354 e. The highest BCUT2D eigenvalue weighted by atomic mass is 79.9. The van der Waals surface area contributed by atoms with Gasteiger partial charge in [-0.2, -0.15) is 5.26 Å². The number of hydrogen-bond acceptors (Lipinski definition) is 3. The van der Waals surface area contributed by atoms with Gasteiger partial charge in [0.1, 0.15) is 6.07 Å². The maximum absolute atomic E-state index is 9.17. The molecule has 1 heterocycles. The fourth-order valence-electron chi connectivity index (χ4n) is 2.03. The molecular formula is C16H10BrN3. The maximum atomic E-state index is 9.17. The fourth-order valence-corrected chi connectivity index (χ4v) is 2.39. The van der Waals surface area contributed by atoms with Crippen LogP contribution in [0.2, 0.25) is 0 Å². The Morgan fingerprint density at radius 3 is 2.85 bits per heavy atom. The van der Waals surface area contributed by atoms with Gasteiger partial charge in [-0.3, -0.25) is 4.98 Å². The van der Waals surface area contributed by atoms with E-state index in [1.807, 2.05) is 42.5 Å². The minimum absolute atomic E-state index is 0.602. The van der Waals surface area contributed by atoms with Crippen LogP contribution in [0.1, 0.15) is 5.56 Å². The first-order chi connectivity index (χ1) is 9.76. The van der Waals surface area contributed by atoms with Gasteiger partial charge in [0.15, 0.2) is 0 Å². The number of nitrogens with zero attached hydrogens (tertiary/aromatic N) is 2. The van der Waals surface area contributed by atoms with Crippen molar-refractivity contribution in [2.24, 2.45) is 0 Å². The summed E-state index contributed by atoms with van der Waals surface area (Å²) in [5.41, 5.74) is 3.28. The molecule has 0 fully saturated rings. The number of pyridine rings is 1. The van der Waals surface area contributed by atoms with Crippen molar-refractivity contribution in [2.75, 3.05) is 5.32 Å². The lowest BCUT2D eigenvalue weighted by molar-refractivity contribution is 1.41. The Morgan fingerprint density at radius 2 is 2.00 bits per heavy atom. The van der Waals surface area contributed by atoms with Crippen LogP contribution in [-0.2, 0) is 0 Å². The molecule has 20 heavy (non-hydrogen) atoms. The first-order valence-corrected chi connectivity index (χ1v) is 6.87. The van der Waals surface area contributed by atoms with Crippen molar-refractivity contribution >= 4 is 38.2 Å². The average Bonchev–Trinajstić information content (AvgIpc) is 2.49. The van der Waals surface area contributed by atoms with Crippen LogP contribution in [0.5, 0.6) is 0 Å². The number of aromatic nitrogens is 1. The third-order valence-corrected chi connectivity index (χ3v) is 3.48. The summed E-state index contributed by atoms with van der Waals surface area (Å²) < 4.78 is 0.891. The summed E-state index contributed by atoms with van der Waals surface area (Å²) in [7, 11) is 0. The molecule has 0 amide bonds. The van der Waals surface area contributed by atoms with Crippen molar-refractivity contribution in [1.82, 2.24) is 4.98 Å². The highest BCUT2D eigenvalue weighted by Crippen LogP contribution is 2.25. The van der Waals surface area contributed by atoms with E-state index in [-0.39, 0.29) is 0 Å². The zero-order valence-electron chi connectivity index (χ0n) is 10.5. The van der Waals surface area contributed by atoms with Crippen LogP contribution in [0.15, 0.2) is 59.2 Å². The predicted octanol–water partition coefficient (Wildman–Crippen LogP) is 4.61. The summed E-state index contributed by atoms with van der Waals surface area (Å²) in [4.78, 5) is 4.29. The Kier molecular flexibility index (Phi) is 3.36. The molecule has 0 saturated carbocycles. The molecule has 1 N–H and O–H groups in total. The van der Waals surface area contributed by atoms with Gasteiger partial charge in [0.25, 0.3) is 0 Å². The SMILES string of the molecule is N#Cc1cc(Br)ccc1Nc1ccc2ncccc2c1. The predicted molar refractivity (Wildman–Crippen MR) is 83.9 cm³/mol. The van der Waals surface area contributed by atoms with Crippen LogP contribution >= 0.6 is 15.9 Å². The van der Waals surface area contributed by atoms with Crippen LogP contribution in [0, 0.1) is 11.3 Å². The van der Waals surface area contributed by atoms with Crippen LogP contribution in [0.4, 0.5) is 11.4 Å². The van der Waals surface area contributed by atoms with E-state index in [4.69, 9.17) is 0 Å². The highest BCUT2D eigenvalue weighted by Gasteiger charge is 2.04. The highest BCUT2D eigenvalue weighted by molar-refractivity contribution is 9.10. The van der Waals surface area contributed by atoms with Crippen molar-refractivity contribution in [3.05, 3.63) is 64.8 Å². The van der Waals surface area contributed by atoms with Crippen molar-refractivity contribution in [3.63, 3.8) is 0 Å². The molecule has 0 aliphatic rings. The Balaban J connectivity index is 1.99. The van der Waals surface area contributed by atoms with E-state index in [9.17, 15) is 5.26 Å². The van der Waals surface area contributed by atoms with E-state index >= 15 is 0 Å². The molecule has 1 aromatic heterocycles.